The molecule has 1 fully saturated rings. The number of hydrazone groups is 1. The van der Waals surface area contributed by atoms with E-state index >= 15 is 0 Å². The van der Waals surface area contributed by atoms with E-state index in [2.05, 4.69) is 15.6 Å². The van der Waals surface area contributed by atoms with E-state index in [1.165, 1.54) is 21.7 Å². The van der Waals surface area contributed by atoms with Gasteiger partial charge < -0.3 is 15.1 Å². The average molecular weight is 498 g/mol. The summed E-state index contributed by atoms with van der Waals surface area (Å²) in [5, 5.41) is 26.5. The van der Waals surface area contributed by atoms with E-state index in [-0.39, 0.29) is 29.4 Å². The first-order valence-electron chi connectivity index (χ1n) is 11.1. The molecular weight excluding hydrogens is 470 g/mol. The Bertz CT molecular complexity index is 1380. The summed E-state index contributed by atoms with van der Waals surface area (Å²) in [6.07, 6.45) is -1.95. The fraction of sp³-hybridized carbons (Fsp3) is 0.333. The quantitative estimate of drug-likeness (QED) is 0.312. The largest absolute Gasteiger partial charge is 0.388 e. The number of hydrogen-bond donors (Lipinski definition) is 4. The Labute approximate surface area is 205 Å². The van der Waals surface area contributed by atoms with Gasteiger partial charge in [-0.25, -0.2) is 10.1 Å². The number of carbonyl (C=O) groups excluding carboxylic acids is 2. The number of aryl methyl sites for hydroxylation is 3. The molecule has 0 saturated carbocycles. The predicted octanol–water partition coefficient (Wildman–Crippen LogP) is 1.48. The minimum atomic E-state index is -0.976. The summed E-state index contributed by atoms with van der Waals surface area (Å²) in [6.45, 7) is 7.45. The Morgan fingerprint density at radius 3 is 2.37 bits per heavy atom. The molecule has 2 atom stereocenters. The van der Waals surface area contributed by atoms with Crippen LogP contribution in [-0.2, 0) is 0 Å². The highest BCUT2D eigenvalue weighted by Gasteiger charge is 2.33. The number of benzene rings is 1. The molecule has 0 radical (unpaired) electrons. The highest BCUT2D eigenvalue weighted by molar-refractivity contribution is 7.15. The number of thiophene rings is 1. The Balaban J connectivity index is 1.49. The molecule has 1 aromatic carbocycles. The smallest absolute Gasteiger partial charge is 0.281 e. The minimum Gasteiger partial charge on any atom is -0.388 e. The molecule has 1 aliphatic heterocycles. The van der Waals surface area contributed by atoms with Crippen LogP contribution in [0.1, 0.15) is 48.7 Å². The maximum absolute atomic E-state index is 13.1. The maximum Gasteiger partial charge on any atom is 0.281 e. The van der Waals surface area contributed by atoms with Crippen molar-refractivity contribution < 1.29 is 19.8 Å². The first kappa shape index (κ1) is 24.6. The number of nitrogens with zero attached hydrogens (tertiary/aromatic N) is 3. The van der Waals surface area contributed by atoms with Gasteiger partial charge in [-0.15, -0.1) is 11.3 Å². The predicted molar refractivity (Wildman–Crippen MR) is 133 cm³/mol. The first-order valence-corrected chi connectivity index (χ1v) is 11.9. The molecule has 0 aliphatic carbocycles. The summed E-state index contributed by atoms with van der Waals surface area (Å²) < 4.78 is 1.45. The second-order valence-electron chi connectivity index (χ2n) is 8.67. The zero-order valence-electron chi connectivity index (χ0n) is 19.8. The molecule has 3 aromatic rings. The lowest BCUT2D eigenvalue weighted by Gasteiger charge is -2.13. The number of β-amino-alcohol motifs (C(OH)–C–C–N with tert-alkyl or cyclic N) is 2. The number of amides is 2. The second-order valence-corrected chi connectivity index (χ2v) is 9.75. The van der Waals surface area contributed by atoms with E-state index in [0.29, 0.717) is 27.5 Å². The fourth-order valence-electron chi connectivity index (χ4n) is 3.93. The van der Waals surface area contributed by atoms with Crippen LogP contribution in [0.15, 0.2) is 40.2 Å². The molecule has 1 saturated heterocycles. The van der Waals surface area contributed by atoms with Crippen LogP contribution in [0.3, 0.4) is 0 Å². The molecule has 2 aromatic heterocycles. The summed E-state index contributed by atoms with van der Waals surface area (Å²) in [5.41, 5.74) is 6.37. The molecule has 2 amide bonds. The van der Waals surface area contributed by atoms with Gasteiger partial charge in [0.15, 0.2) is 0 Å². The van der Waals surface area contributed by atoms with E-state index in [1.54, 1.807) is 13.8 Å². The molecule has 1 aliphatic rings. The molecule has 4 N–H and O–H groups in total. The fourth-order valence-corrected chi connectivity index (χ4v) is 4.79. The summed E-state index contributed by atoms with van der Waals surface area (Å²) in [7, 11) is 0. The highest BCUT2D eigenvalue weighted by Crippen LogP contribution is 2.21. The normalized spacial score (nSPS) is 18.2. The van der Waals surface area contributed by atoms with Crippen molar-refractivity contribution in [1.82, 2.24) is 20.1 Å². The van der Waals surface area contributed by atoms with Gasteiger partial charge in [-0.1, -0.05) is 6.07 Å². The third-order valence-corrected chi connectivity index (χ3v) is 7.17. The van der Waals surface area contributed by atoms with Crippen LogP contribution >= 0.6 is 11.3 Å². The van der Waals surface area contributed by atoms with Gasteiger partial charge in [-0.05, 0) is 63.1 Å². The van der Waals surface area contributed by atoms with Crippen LogP contribution in [0.5, 0.6) is 0 Å². The number of aromatic nitrogens is 2. The molecule has 3 heterocycles. The number of rotatable bonds is 5. The lowest BCUT2D eigenvalue weighted by Crippen LogP contribution is -2.29. The minimum absolute atomic E-state index is 0.0403. The van der Waals surface area contributed by atoms with Gasteiger partial charge in [-0.2, -0.15) is 5.10 Å². The number of carbonyl (C=O) groups is 2. The number of likely N-dealkylation sites (tertiary alicyclic amines) is 1. The van der Waals surface area contributed by atoms with Crippen LogP contribution < -0.4 is 11.0 Å². The molecule has 0 spiro atoms. The standard InChI is InChI=1S/C24H27N5O5S/c1-12-5-6-16(9-13(12)2)29-24(34)21(15(4)27-29)14(3)25-26-22(32)19-7-8-20(35-19)23(33)28-10-17(30)18(31)11-28/h5-9,17-18,27,30-31H,10-11H2,1-4H3,(H,26,32)/b25-14-. The van der Waals surface area contributed by atoms with Gasteiger partial charge in [0.25, 0.3) is 17.4 Å². The van der Waals surface area contributed by atoms with Crippen molar-refractivity contribution in [2.24, 2.45) is 5.10 Å². The Morgan fingerprint density at radius 2 is 1.71 bits per heavy atom. The summed E-state index contributed by atoms with van der Waals surface area (Å²) >= 11 is 0.988. The first-order chi connectivity index (χ1) is 16.6. The third-order valence-electron chi connectivity index (χ3n) is 6.09. The van der Waals surface area contributed by atoms with Crippen molar-refractivity contribution in [3.05, 3.63) is 72.8 Å². The lowest BCUT2D eigenvalue weighted by atomic mass is 10.1. The molecule has 184 valence electrons. The lowest BCUT2D eigenvalue weighted by molar-refractivity contribution is 0.0572. The van der Waals surface area contributed by atoms with Gasteiger partial charge in [0.05, 0.1) is 38.9 Å². The SMILES string of the molecule is C/C(=N/NC(=O)c1ccc(C(=O)N2CC(O)C(O)C2)s1)c1c(C)[nH]n(-c2ccc(C)c(C)c2)c1=O. The number of aromatic amines is 1. The number of H-pyrrole nitrogens is 1. The van der Waals surface area contributed by atoms with Gasteiger partial charge in [-0.3, -0.25) is 19.5 Å². The van der Waals surface area contributed by atoms with Gasteiger partial charge in [0.1, 0.15) is 0 Å². The molecule has 2 unspecified atom stereocenters. The topological polar surface area (TPSA) is 140 Å². The summed E-state index contributed by atoms with van der Waals surface area (Å²) in [5.74, 6) is -0.878. The molecule has 11 heteroatoms. The third kappa shape index (κ3) is 4.83. The van der Waals surface area contributed by atoms with Crippen molar-refractivity contribution in [2.75, 3.05) is 13.1 Å². The van der Waals surface area contributed by atoms with Crippen molar-refractivity contribution in [1.29, 1.82) is 0 Å². The van der Waals surface area contributed by atoms with E-state index in [9.17, 15) is 24.6 Å². The summed E-state index contributed by atoms with van der Waals surface area (Å²) in [4.78, 5) is 40.2. The number of nitrogens with one attached hydrogen (secondary N) is 2. The van der Waals surface area contributed by atoms with Crippen LogP contribution in [0.4, 0.5) is 0 Å². The number of hydrogen-bond acceptors (Lipinski definition) is 7. The van der Waals surface area contributed by atoms with Gasteiger partial charge >= 0.3 is 0 Å². The Morgan fingerprint density at radius 1 is 1.06 bits per heavy atom. The Kier molecular flexibility index (Phi) is 6.75. The highest BCUT2D eigenvalue weighted by atomic mass is 32.1. The molecule has 0 bridgehead atoms. The van der Waals surface area contributed by atoms with Crippen molar-refractivity contribution >= 4 is 28.9 Å². The van der Waals surface area contributed by atoms with Crippen LogP contribution in [0, 0.1) is 20.8 Å². The molecule has 4 rings (SSSR count). The van der Waals surface area contributed by atoms with Gasteiger partial charge in [0, 0.05) is 18.8 Å². The van der Waals surface area contributed by atoms with Crippen molar-refractivity contribution in [3.8, 4) is 5.69 Å². The zero-order valence-corrected chi connectivity index (χ0v) is 20.6. The van der Waals surface area contributed by atoms with E-state index in [1.807, 2.05) is 32.0 Å². The number of aliphatic hydroxyl groups is 2. The van der Waals surface area contributed by atoms with Crippen LogP contribution in [0.25, 0.3) is 5.69 Å². The maximum atomic E-state index is 13.1. The van der Waals surface area contributed by atoms with Gasteiger partial charge in [0.2, 0.25) is 0 Å². The molecule has 10 nitrogen and oxygen atoms in total. The zero-order chi connectivity index (χ0) is 25.4. The van der Waals surface area contributed by atoms with Crippen molar-refractivity contribution in [2.45, 2.75) is 39.9 Å². The second kappa shape index (κ2) is 9.61. The monoisotopic (exact) mass is 497 g/mol. The van der Waals surface area contributed by atoms with E-state index < -0.39 is 18.1 Å². The molecular formula is C24H27N5O5S. The van der Waals surface area contributed by atoms with Crippen LogP contribution in [-0.4, -0.2) is 67.7 Å². The Hall–Kier alpha value is -3.54. The van der Waals surface area contributed by atoms with Crippen LogP contribution in [0.2, 0.25) is 0 Å². The van der Waals surface area contributed by atoms with E-state index in [0.717, 1.165) is 22.5 Å². The van der Waals surface area contributed by atoms with E-state index in [4.69, 9.17) is 0 Å². The summed E-state index contributed by atoms with van der Waals surface area (Å²) in [6, 6.07) is 8.76. The van der Waals surface area contributed by atoms with Crippen molar-refractivity contribution in [3.63, 3.8) is 0 Å². The molecule has 35 heavy (non-hydrogen) atoms. The number of aliphatic hydroxyl groups excluding tert-OH is 2. The average Bonchev–Trinajstić information content (AvgIpc) is 3.51.